The van der Waals surface area contributed by atoms with Gasteiger partial charge < -0.3 is 9.33 Å². The summed E-state index contributed by atoms with van der Waals surface area (Å²) in [6, 6.07) is 7.98. The quantitative estimate of drug-likeness (QED) is 0.695. The lowest BCUT2D eigenvalue weighted by atomic mass is 10.0. The van der Waals surface area contributed by atoms with Crippen molar-refractivity contribution in [1.82, 2.24) is 4.90 Å². The number of benzene rings is 1. The first-order valence-electron chi connectivity index (χ1n) is 8.31. The van der Waals surface area contributed by atoms with Crippen LogP contribution in [0.25, 0.3) is 0 Å². The van der Waals surface area contributed by atoms with Crippen LogP contribution in [-0.2, 0) is 9.22 Å². The molecule has 1 aliphatic rings. The number of hydrogen-bond donors (Lipinski definition) is 0. The van der Waals surface area contributed by atoms with Crippen LogP contribution < -0.4 is 0 Å². The molecule has 128 valence electrons. The molecular formula is C18H28ClNO2Si. The highest BCUT2D eigenvalue weighted by molar-refractivity contribution is 6.74. The Labute approximate surface area is 146 Å². The van der Waals surface area contributed by atoms with Crippen LogP contribution in [0.3, 0.4) is 0 Å². The summed E-state index contributed by atoms with van der Waals surface area (Å²) in [7, 11) is -1.76. The number of carbonyl (C=O) groups excluding carboxylic acids is 1. The molecule has 1 amide bonds. The molecule has 5 heteroatoms. The molecule has 0 radical (unpaired) electrons. The van der Waals surface area contributed by atoms with Crippen LogP contribution in [-0.4, -0.2) is 32.3 Å². The Morgan fingerprint density at radius 1 is 1.26 bits per heavy atom. The van der Waals surface area contributed by atoms with Gasteiger partial charge in [0, 0.05) is 18.0 Å². The molecule has 1 saturated heterocycles. The van der Waals surface area contributed by atoms with Crippen LogP contribution in [0, 0.1) is 0 Å². The minimum atomic E-state index is -1.76. The Balaban J connectivity index is 2.00. The van der Waals surface area contributed by atoms with E-state index in [9.17, 15) is 4.79 Å². The maximum absolute atomic E-state index is 12.2. The minimum absolute atomic E-state index is 0.155. The summed E-state index contributed by atoms with van der Waals surface area (Å²) >= 11 is 5.96. The van der Waals surface area contributed by atoms with Gasteiger partial charge >= 0.3 is 0 Å². The summed E-state index contributed by atoms with van der Waals surface area (Å²) in [4.78, 5) is 14.2. The number of amides is 1. The monoisotopic (exact) mass is 353 g/mol. The van der Waals surface area contributed by atoms with E-state index in [4.69, 9.17) is 16.0 Å². The van der Waals surface area contributed by atoms with E-state index in [-0.39, 0.29) is 17.0 Å². The second-order valence-corrected chi connectivity index (χ2v) is 13.0. The molecule has 23 heavy (non-hydrogen) atoms. The fraction of sp³-hybridized carbons (Fsp3) is 0.611. The summed E-state index contributed by atoms with van der Waals surface area (Å²) in [6.07, 6.45) is 1.49. The Hall–Kier alpha value is -0.843. The fourth-order valence-corrected chi connectivity index (χ4v) is 3.82. The molecule has 1 atom stereocenters. The van der Waals surface area contributed by atoms with Gasteiger partial charge in [-0.05, 0) is 42.2 Å². The molecule has 1 aromatic rings. The average molecular weight is 354 g/mol. The summed E-state index contributed by atoms with van der Waals surface area (Å²) in [6.45, 7) is 12.5. The van der Waals surface area contributed by atoms with Crippen molar-refractivity contribution in [1.29, 1.82) is 0 Å². The maximum Gasteiger partial charge on any atom is 0.223 e. The van der Waals surface area contributed by atoms with Crippen LogP contribution in [0.15, 0.2) is 24.3 Å². The van der Waals surface area contributed by atoms with E-state index in [0.29, 0.717) is 19.6 Å². The summed E-state index contributed by atoms with van der Waals surface area (Å²) in [5.74, 6) is 0.226. The normalized spacial score (nSPS) is 19.5. The maximum atomic E-state index is 12.2. The molecule has 0 bridgehead atoms. The molecule has 0 N–H and O–H groups in total. The van der Waals surface area contributed by atoms with Crippen LogP contribution >= 0.6 is 11.6 Å². The van der Waals surface area contributed by atoms with Gasteiger partial charge in [-0.3, -0.25) is 4.79 Å². The first-order chi connectivity index (χ1) is 10.6. The second kappa shape index (κ2) is 6.95. The second-order valence-electron chi connectivity index (χ2n) is 7.80. The van der Waals surface area contributed by atoms with Crippen LogP contribution in [0.4, 0.5) is 0 Å². The zero-order valence-corrected chi connectivity index (χ0v) is 16.6. The number of halogens is 1. The summed E-state index contributed by atoms with van der Waals surface area (Å²) < 4.78 is 6.23. The van der Waals surface area contributed by atoms with Crippen molar-refractivity contribution < 1.29 is 9.22 Å². The fourth-order valence-electron chi connectivity index (χ4n) is 2.66. The molecule has 0 unspecified atom stereocenters. The smallest absolute Gasteiger partial charge is 0.223 e. The standard InChI is InChI=1S/C18H28ClNO2Si/c1-18(2,3)23(4,5)22-13-12-20-16(10-11-17(20)21)14-6-8-15(19)9-7-14/h6-9,16H,10-13H2,1-5H3/t16-/m1/s1. The third-order valence-electron chi connectivity index (χ3n) is 5.18. The van der Waals surface area contributed by atoms with Crippen LogP contribution in [0.1, 0.15) is 45.2 Å². The van der Waals surface area contributed by atoms with E-state index in [2.05, 4.69) is 33.9 Å². The van der Waals surface area contributed by atoms with Gasteiger partial charge in [-0.2, -0.15) is 0 Å². The highest BCUT2D eigenvalue weighted by Gasteiger charge is 2.38. The van der Waals surface area contributed by atoms with Crippen molar-refractivity contribution in [3.63, 3.8) is 0 Å². The molecule has 1 aliphatic heterocycles. The Bertz CT molecular complexity index is 551. The van der Waals surface area contributed by atoms with Gasteiger partial charge in [0.15, 0.2) is 8.32 Å². The molecule has 1 heterocycles. The van der Waals surface area contributed by atoms with Gasteiger partial charge in [0.05, 0.1) is 12.6 Å². The van der Waals surface area contributed by atoms with E-state index < -0.39 is 8.32 Å². The topological polar surface area (TPSA) is 29.5 Å². The molecule has 3 nitrogen and oxygen atoms in total. The molecule has 0 aromatic heterocycles. The molecule has 0 saturated carbocycles. The summed E-state index contributed by atoms with van der Waals surface area (Å²) in [5, 5.41) is 0.920. The third-order valence-corrected chi connectivity index (χ3v) is 9.97. The van der Waals surface area contributed by atoms with E-state index in [1.807, 2.05) is 29.2 Å². The Kier molecular flexibility index (Phi) is 5.59. The molecule has 0 aliphatic carbocycles. The highest BCUT2D eigenvalue weighted by atomic mass is 35.5. The highest BCUT2D eigenvalue weighted by Crippen LogP contribution is 2.37. The predicted molar refractivity (Wildman–Crippen MR) is 98.3 cm³/mol. The number of carbonyl (C=O) groups is 1. The van der Waals surface area contributed by atoms with Crippen molar-refractivity contribution in [2.24, 2.45) is 0 Å². The average Bonchev–Trinajstić information content (AvgIpc) is 2.80. The van der Waals surface area contributed by atoms with Gasteiger partial charge in [-0.25, -0.2) is 0 Å². The van der Waals surface area contributed by atoms with Crippen molar-refractivity contribution in [2.45, 2.75) is 57.8 Å². The van der Waals surface area contributed by atoms with Gasteiger partial charge in [0.1, 0.15) is 0 Å². The van der Waals surface area contributed by atoms with Crippen molar-refractivity contribution in [2.75, 3.05) is 13.2 Å². The lowest BCUT2D eigenvalue weighted by Gasteiger charge is -2.37. The predicted octanol–water partition coefficient (Wildman–Crippen LogP) is 5.03. The van der Waals surface area contributed by atoms with Crippen LogP contribution in [0.5, 0.6) is 0 Å². The van der Waals surface area contributed by atoms with E-state index in [0.717, 1.165) is 17.0 Å². The van der Waals surface area contributed by atoms with Crippen LogP contribution in [0.2, 0.25) is 23.2 Å². The van der Waals surface area contributed by atoms with Gasteiger partial charge in [-0.1, -0.05) is 44.5 Å². The molecule has 0 spiro atoms. The molecule has 1 fully saturated rings. The molecular weight excluding hydrogens is 326 g/mol. The number of hydrogen-bond acceptors (Lipinski definition) is 2. The Morgan fingerprint density at radius 3 is 2.43 bits per heavy atom. The largest absolute Gasteiger partial charge is 0.415 e. The van der Waals surface area contributed by atoms with Crippen molar-refractivity contribution in [3.05, 3.63) is 34.9 Å². The van der Waals surface area contributed by atoms with E-state index >= 15 is 0 Å². The molecule has 1 aromatic carbocycles. The summed E-state index contributed by atoms with van der Waals surface area (Å²) in [5.41, 5.74) is 1.16. The first kappa shape index (κ1) is 18.5. The van der Waals surface area contributed by atoms with Gasteiger partial charge in [0.2, 0.25) is 5.91 Å². The minimum Gasteiger partial charge on any atom is -0.415 e. The SMILES string of the molecule is CC(C)(C)[Si](C)(C)OCCN1C(=O)CC[C@@H]1c1ccc(Cl)cc1. The zero-order valence-electron chi connectivity index (χ0n) is 14.9. The lowest BCUT2D eigenvalue weighted by molar-refractivity contribution is -0.129. The number of nitrogens with zero attached hydrogens (tertiary/aromatic N) is 1. The van der Waals surface area contributed by atoms with Crippen molar-refractivity contribution in [3.8, 4) is 0 Å². The number of likely N-dealkylation sites (tertiary alicyclic amines) is 1. The van der Waals surface area contributed by atoms with Gasteiger partial charge in [0.25, 0.3) is 0 Å². The van der Waals surface area contributed by atoms with Gasteiger partial charge in [-0.15, -0.1) is 0 Å². The van der Waals surface area contributed by atoms with Crippen molar-refractivity contribution >= 4 is 25.8 Å². The first-order valence-corrected chi connectivity index (χ1v) is 11.6. The zero-order chi connectivity index (χ0) is 17.3. The lowest BCUT2D eigenvalue weighted by Crippen LogP contribution is -2.43. The number of rotatable bonds is 5. The molecule has 2 rings (SSSR count). The van der Waals surface area contributed by atoms with E-state index in [1.54, 1.807) is 0 Å². The van der Waals surface area contributed by atoms with E-state index in [1.165, 1.54) is 0 Å². The third kappa shape index (κ3) is 4.37. The Morgan fingerprint density at radius 2 is 1.87 bits per heavy atom.